The monoisotopic (exact) mass is 271 g/mol. The highest BCUT2D eigenvalue weighted by Crippen LogP contribution is 2.24. The van der Waals surface area contributed by atoms with Gasteiger partial charge in [-0.15, -0.1) is 0 Å². The zero-order chi connectivity index (χ0) is 14.5. The molecule has 1 aromatic carbocycles. The Morgan fingerprint density at radius 3 is 2.75 bits per heavy atom. The van der Waals surface area contributed by atoms with Crippen molar-refractivity contribution in [1.29, 1.82) is 0 Å². The van der Waals surface area contributed by atoms with Crippen LogP contribution in [0.3, 0.4) is 0 Å². The molecule has 1 heterocycles. The van der Waals surface area contributed by atoms with Gasteiger partial charge in [-0.2, -0.15) is 0 Å². The Bertz CT molecular complexity index is 614. The number of benzene rings is 1. The second kappa shape index (κ2) is 6.25. The van der Waals surface area contributed by atoms with Crippen molar-refractivity contribution < 1.29 is 4.92 Å². The van der Waals surface area contributed by atoms with Gasteiger partial charge in [-0.05, 0) is 25.5 Å². The zero-order valence-electron chi connectivity index (χ0n) is 11.5. The summed E-state index contributed by atoms with van der Waals surface area (Å²) < 4.78 is 0. The summed E-state index contributed by atoms with van der Waals surface area (Å²) in [6.45, 7) is 4.50. The van der Waals surface area contributed by atoms with Crippen LogP contribution in [0.1, 0.15) is 29.8 Å². The largest absolute Gasteiger partial charge is 0.304 e. The van der Waals surface area contributed by atoms with Crippen molar-refractivity contribution in [3.8, 4) is 0 Å². The summed E-state index contributed by atoms with van der Waals surface area (Å²) >= 11 is 0. The number of hydrogen-bond acceptors (Lipinski definition) is 4. The lowest BCUT2D eigenvalue weighted by Gasteiger charge is -2.14. The summed E-state index contributed by atoms with van der Waals surface area (Å²) in [5.41, 5.74) is 2.89. The molecular weight excluding hydrogens is 254 g/mol. The van der Waals surface area contributed by atoms with Crippen molar-refractivity contribution in [1.82, 2.24) is 10.3 Å². The first-order valence-electron chi connectivity index (χ1n) is 6.47. The standard InChI is InChI=1S/C15H17N3O2/c1-11-6-5-9-16-14(11)10-17-12(2)13-7-3-4-8-15(13)18(19)20/h3-9,12,17H,10H2,1-2H3. The third-order valence-corrected chi connectivity index (χ3v) is 3.29. The Kier molecular flexibility index (Phi) is 4.42. The van der Waals surface area contributed by atoms with E-state index in [1.54, 1.807) is 18.3 Å². The summed E-state index contributed by atoms with van der Waals surface area (Å²) in [6.07, 6.45) is 1.75. The van der Waals surface area contributed by atoms with E-state index in [0.717, 1.165) is 11.3 Å². The van der Waals surface area contributed by atoms with E-state index < -0.39 is 0 Å². The van der Waals surface area contributed by atoms with E-state index in [1.165, 1.54) is 6.07 Å². The van der Waals surface area contributed by atoms with E-state index in [9.17, 15) is 10.1 Å². The summed E-state index contributed by atoms with van der Waals surface area (Å²) in [6, 6.07) is 10.6. The molecule has 0 saturated heterocycles. The number of nitrogens with zero attached hydrogens (tertiary/aromatic N) is 2. The van der Waals surface area contributed by atoms with Gasteiger partial charge in [-0.1, -0.05) is 24.3 Å². The molecular formula is C15H17N3O2. The molecule has 0 fully saturated rings. The van der Waals surface area contributed by atoms with E-state index in [4.69, 9.17) is 0 Å². The first kappa shape index (κ1) is 14.1. The first-order valence-corrected chi connectivity index (χ1v) is 6.47. The number of hydrogen-bond donors (Lipinski definition) is 1. The minimum Gasteiger partial charge on any atom is -0.304 e. The predicted octanol–water partition coefficient (Wildman–Crippen LogP) is 3.15. The lowest BCUT2D eigenvalue weighted by atomic mass is 10.1. The molecule has 0 aliphatic carbocycles. The highest BCUT2D eigenvalue weighted by molar-refractivity contribution is 5.41. The molecule has 0 spiro atoms. The number of pyridine rings is 1. The van der Waals surface area contributed by atoms with Crippen LogP contribution in [0, 0.1) is 17.0 Å². The molecule has 0 amide bonds. The van der Waals surface area contributed by atoms with Gasteiger partial charge in [0, 0.05) is 30.4 Å². The third-order valence-electron chi connectivity index (χ3n) is 3.29. The number of aryl methyl sites for hydroxylation is 1. The van der Waals surface area contributed by atoms with Crippen LogP contribution in [-0.2, 0) is 6.54 Å². The molecule has 104 valence electrons. The van der Waals surface area contributed by atoms with E-state index in [2.05, 4.69) is 10.3 Å². The first-order chi connectivity index (χ1) is 9.59. The number of rotatable bonds is 5. The van der Waals surface area contributed by atoms with Crippen molar-refractivity contribution in [3.63, 3.8) is 0 Å². The van der Waals surface area contributed by atoms with Gasteiger partial charge in [-0.3, -0.25) is 15.1 Å². The molecule has 5 nitrogen and oxygen atoms in total. The number of nitrogens with one attached hydrogen (secondary N) is 1. The Morgan fingerprint density at radius 1 is 1.30 bits per heavy atom. The van der Waals surface area contributed by atoms with Crippen LogP contribution in [-0.4, -0.2) is 9.91 Å². The van der Waals surface area contributed by atoms with Gasteiger partial charge >= 0.3 is 0 Å². The van der Waals surface area contributed by atoms with Crippen LogP contribution >= 0.6 is 0 Å². The molecule has 2 rings (SSSR count). The molecule has 5 heteroatoms. The normalized spacial score (nSPS) is 12.1. The number of para-hydroxylation sites is 1. The molecule has 1 aromatic heterocycles. The summed E-state index contributed by atoms with van der Waals surface area (Å²) in [5, 5.41) is 14.3. The van der Waals surface area contributed by atoms with Crippen LogP contribution in [0.4, 0.5) is 5.69 Å². The second-order valence-corrected chi connectivity index (χ2v) is 4.69. The van der Waals surface area contributed by atoms with Crippen molar-refractivity contribution in [2.45, 2.75) is 26.4 Å². The average molecular weight is 271 g/mol. The molecule has 2 aromatic rings. The maximum absolute atomic E-state index is 11.0. The van der Waals surface area contributed by atoms with Gasteiger partial charge in [0.25, 0.3) is 5.69 Å². The van der Waals surface area contributed by atoms with Crippen molar-refractivity contribution in [2.24, 2.45) is 0 Å². The Morgan fingerprint density at radius 2 is 2.05 bits per heavy atom. The maximum atomic E-state index is 11.0. The molecule has 0 aliphatic rings. The van der Waals surface area contributed by atoms with Crippen LogP contribution in [0.15, 0.2) is 42.6 Å². The van der Waals surface area contributed by atoms with Gasteiger partial charge in [0.15, 0.2) is 0 Å². The lowest BCUT2D eigenvalue weighted by molar-refractivity contribution is -0.385. The average Bonchev–Trinajstić information content (AvgIpc) is 2.46. The van der Waals surface area contributed by atoms with Crippen LogP contribution < -0.4 is 5.32 Å². The molecule has 20 heavy (non-hydrogen) atoms. The lowest BCUT2D eigenvalue weighted by Crippen LogP contribution is -2.20. The minimum atomic E-state index is -0.348. The maximum Gasteiger partial charge on any atom is 0.274 e. The topological polar surface area (TPSA) is 68.1 Å². The van der Waals surface area contributed by atoms with E-state index in [0.29, 0.717) is 12.1 Å². The molecule has 0 radical (unpaired) electrons. The summed E-state index contributed by atoms with van der Waals surface area (Å²) in [7, 11) is 0. The molecule has 0 saturated carbocycles. The SMILES string of the molecule is Cc1cccnc1CNC(C)c1ccccc1[N+](=O)[O-]. The van der Waals surface area contributed by atoms with E-state index in [1.807, 2.05) is 32.0 Å². The van der Waals surface area contributed by atoms with Crippen molar-refractivity contribution >= 4 is 5.69 Å². The molecule has 0 bridgehead atoms. The van der Waals surface area contributed by atoms with Gasteiger partial charge in [0.05, 0.1) is 10.6 Å². The van der Waals surface area contributed by atoms with E-state index >= 15 is 0 Å². The highest BCUT2D eigenvalue weighted by atomic mass is 16.6. The Balaban J connectivity index is 2.11. The van der Waals surface area contributed by atoms with Gasteiger partial charge in [-0.25, -0.2) is 0 Å². The summed E-state index contributed by atoms with van der Waals surface area (Å²) in [5.74, 6) is 0. The number of nitro benzene ring substituents is 1. The van der Waals surface area contributed by atoms with Crippen molar-refractivity contribution in [3.05, 3.63) is 69.5 Å². The number of aromatic nitrogens is 1. The van der Waals surface area contributed by atoms with Crippen molar-refractivity contribution in [2.75, 3.05) is 0 Å². The van der Waals surface area contributed by atoms with Crippen LogP contribution in [0.2, 0.25) is 0 Å². The predicted molar refractivity (Wildman–Crippen MR) is 77.3 cm³/mol. The highest BCUT2D eigenvalue weighted by Gasteiger charge is 2.17. The summed E-state index contributed by atoms with van der Waals surface area (Å²) in [4.78, 5) is 15.0. The second-order valence-electron chi connectivity index (χ2n) is 4.69. The molecule has 1 unspecified atom stereocenters. The van der Waals surface area contributed by atoms with E-state index in [-0.39, 0.29) is 16.7 Å². The Hall–Kier alpha value is -2.27. The fourth-order valence-electron chi connectivity index (χ4n) is 2.08. The fraction of sp³-hybridized carbons (Fsp3) is 0.267. The fourth-order valence-corrected chi connectivity index (χ4v) is 2.08. The van der Waals surface area contributed by atoms with Gasteiger partial charge in [0.1, 0.15) is 0 Å². The van der Waals surface area contributed by atoms with Crippen LogP contribution in [0.5, 0.6) is 0 Å². The quantitative estimate of drug-likeness (QED) is 0.670. The number of nitro groups is 1. The minimum absolute atomic E-state index is 0.113. The zero-order valence-corrected chi connectivity index (χ0v) is 11.5. The third kappa shape index (κ3) is 3.19. The smallest absolute Gasteiger partial charge is 0.274 e. The molecule has 0 aliphatic heterocycles. The molecule has 1 atom stereocenters. The van der Waals surface area contributed by atoms with Gasteiger partial charge in [0.2, 0.25) is 0 Å². The Labute approximate surface area is 117 Å². The van der Waals surface area contributed by atoms with Crippen LogP contribution in [0.25, 0.3) is 0 Å². The van der Waals surface area contributed by atoms with Gasteiger partial charge < -0.3 is 5.32 Å². The molecule has 1 N–H and O–H groups in total.